The van der Waals surface area contributed by atoms with Crippen LogP contribution in [0.3, 0.4) is 0 Å². The number of para-hydroxylation sites is 1. The van der Waals surface area contributed by atoms with Crippen LogP contribution in [-0.4, -0.2) is 19.6 Å². The second-order valence-electron chi connectivity index (χ2n) is 5.08. The first kappa shape index (κ1) is 17.8. The number of alkyl halides is 2. The summed E-state index contributed by atoms with van der Waals surface area (Å²) in [5.41, 5.74) is 0.00678. The van der Waals surface area contributed by atoms with E-state index in [0.717, 1.165) is 12.3 Å². The molecule has 0 heterocycles. The van der Waals surface area contributed by atoms with E-state index in [1.54, 1.807) is 0 Å². The van der Waals surface area contributed by atoms with Crippen LogP contribution in [0.25, 0.3) is 0 Å². The van der Waals surface area contributed by atoms with Crippen LogP contribution in [0.2, 0.25) is 0 Å². The topological polar surface area (TPSA) is 89.3 Å². The van der Waals surface area contributed by atoms with Gasteiger partial charge in [0.15, 0.2) is 9.84 Å². The summed E-state index contributed by atoms with van der Waals surface area (Å²) in [5, 5.41) is 14.0. The largest absolute Gasteiger partial charge is 0.375 e. The normalized spacial score (nSPS) is 11.5. The summed E-state index contributed by atoms with van der Waals surface area (Å²) in [6.07, 6.45) is -1.68. The quantitative estimate of drug-likeness (QED) is 0.631. The average molecular weight is 356 g/mol. The van der Waals surface area contributed by atoms with E-state index in [1.165, 1.54) is 36.4 Å². The molecule has 0 amide bonds. The van der Waals surface area contributed by atoms with Gasteiger partial charge in [0.1, 0.15) is 10.6 Å². The molecule has 0 aromatic heterocycles. The summed E-state index contributed by atoms with van der Waals surface area (Å²) in [6.45, 7) is 0.123. The fraction of sp³-hybridized carbons (Fsp3) is 0.200. The molecule has 0 radical (unpaired) electrons. The van der Waals surface area contributed by atoms with Gasteiger partial charge < -0.3 is 5.32 Å². The molecule has 9 heteroatoms. The third kappa shape index (κ3) is 4.05. The highest BCUT2D eigenvalue weighted by Gasteiger charge is 2.25. The van der Waals surface area contributed by atoms with E-state index in [0.29, 0.717) is 5.56 Å². The lowest BCUT2D eigenvalue weighted by atomic mass is 10.1. The maximum atomic E-state index is 12.5. The van der Waals surface area contributed by atoms with Gasteiger partial charge in [0.25, 0.3) is 6.43 Å². The Bertz CT molecular complexity index is 852. The molecule has 0 saturated heterocycles. The van der Waals surface area contributed by atoms with Gasteiger partial charge in [-0.3, -0.25) is 10.1 Å². The SMILES string of the molecule is CS(=O)(=O)c1cccc(NCc2ccc(C(F)F)cc2)c1[N+](=O)[O-]. The van der Waals surface area contributed by atoms with Crippen LogP contribution < -0.4 is 5.32 Å². The van der Waals surface area contributed by atoms with Gasteiger partial charge in [0.2, 0.25) is 0 Å². The zero-order valence-electron chi connectivity index (χ0n) is 12.6. The van der Waals surface area contributed by atoms with Gasteiger partial charge in [-0.05, 0) is 17.7 Å². The lowest BCUT2D eigenvalue weighted by molar-refractivity contribution is -0.386. The Morgan fingerprint density at radius 1 is 1.17 bits per heavy atom. The van der Waals surface area contributed by atoms with Crippen LogP contribution in [0.1, 0.15) is 17.6 Å². The van der Waals surface area contributed by atoms with Gasteiger partial charge in [-0.1, -0.05) is 30.3 Å². The number of nitrogens with one attached hydrogen (secondary N) is 1. The fourth-order valence-electron chi connectivity index (χ4n) is 2.13. The summed E-state index contributed by atoms with van der Waals surface area (Å²) in [6, 6.07) is 9.43. The van der Waals surface area contributed by atoms with Crippen molar-refractivity contribution < 1.29 is 22.1 Å². The van der Waals surface area contributed by atoms with Gasteiger partial charge in [-0.2, -0.15) is 0 Å². The highest BCUT2D eigenvalue weighted by Crippen LogP contribution is 2.32. The lowest BCUT2D eigenvalue weighted by Gasteiger charge is -2.10. The van der Waals surface area contributed by atoms with Crippen LogP contribution in [-0.2, 0) is 16.4 Å². The van der Waals surface area contributed by atoms with Crippen molar-refractivity contribution in [1.82, 2.24) is 0 Å². The Balaban J connectivity index is 2.28. The monoisotopic (exact) mass is 356 g/mol. The molecular formula is C15H14F2N2O4S. The minimum atomic E-state index is -3.76. The number of nitrogens with zero attached hydrogens (tertiary/aromatic N) is 1. The average Bonchev–Trinajstić information content (AvgIpc) is 2.51. The van der Waals surface area contributed by atoms with E-state index >= 15 is 0 Å². The molecule has 1 N–H and O–H groups in total. The van der Waals surface area contributed by atoms with Crippen LogP contribution in [0.5, 0.6) is 0 Å². The van der Waals surface area contributed by atoms with Gasteiger partial charge in [0, 0.05) is 18.4 Å². The highest BCUT2D eigenvalue weighted by molar-refractivity contribution is 7.90. The van der Waals surface area contributed by atoms with Crippen molar-refractivity contribution in [3.8, 4) is 0 Å². The summed E-state index contributed by atoms with van der Waals surface area (Å²) in [5.74, 6) is 0. The van der Waals surface area contributed by atoms with Crippen molar-refractivity contribution in [3.63, 3.8) is 0 Å². The zero-order chi connectivity index (χ0) is 17.9. The van der Waals surface area contributed by atoms with E-state index in [4.69, 9.17) is 0 Å². The maximum absolute atomic E-state index is 12.5. The van der Waals surface area contributed by atoms with Crippen molar-refractivity contribution in [3.05, 3.63) is 63.7 Å². The molecule has 0 unspecified atom stereocenters. The summed E-state index contributed by atoms with van der Waals surface area (Å²) in [7, 11) is -3.76. The van der Waals surface area contributed by atoms with Gasteiger partial charge in [0.05, 0.1) is 4.92 Å². The van der Waals surface area contributed by atoms with E-state index in [9.17, 15) is 27.3 Å². The number of anilines is 1. The molecule has 6 nitrogen and oxygen atoms in total. The second kappa shape index (κ2) is 6.91. The molecule has 24 heavy (non-hydrogen) atoms. The molecule has 0 aliphatic heterocycles. The summed E-state index contributed by atoms with van der Waals surface area (Å²) >= 11 is 0. The number of sulfone groups is 1. The highest BCUT2D eigenvalue weighted by atomic mass is 32.2. The minimum absolute atomic E-state index is 0.0425. The smallest absolute Gasteiger partial charge is 0.310 e. The van der Waals surface area contributed by atoms with Gasteiger partial charge in [-0.15, -0.1) is 0 Å². The first-order valence-corrected chi connectivity index (χ1v) is 8.67. The molecular weight excluding hydrogens is 342 g/mol. The maximum Gasteiger partial charge on any atom is 0.310 e. The van der Waals surface area contributed by atoms with E-state index < -0.39 is 26.9 Å². The third-order valence-corrected chi connectivity index (χ3v) is 4.42. The number of halogens is 2. The van der Waals surface area contributed by atoms with Crippen LogP contribution in [0, 0.1) is 10.1 Å². The summed E-state index contributed by atoms with van der Waals surface area (Å²) in [4.78, 5) is 10.1. The van der Waals surface area contributed by atoms with E-state index in [-0.39, 0.29) is 22.7 Å². The number of nitro benzene ring substituents is 1. The minimum Gasteiger partial charge on any atom is -0.375 e. The zero-order valence-corrected chi connectivity index (χ0v) is 13.4. The molecule has 0 aliphatic carbocycles. The predicted molar refractivity (Wildman–Crippen MR) is 84.9 cm³/mol. The Labute approximate surface area is 137 Å². The molecule has 2 rings (SSSR count). The fourth-order valence-corrected chi connectivity index (χ4v) is 2.99. The van der Waals surface area contributed by atoms with Crippen molar-refractivity contribution >= 4 is 21.2 Å². The first-order chi connectivity index (χ1) is 11.2. The van der Waals surface area contributed by atoms with Crippen molar-refractivity contribution in [1.29, 1.82) is 0 Å². The second-order valence-corrected chi connectivity index (χ2v) is 7.06. The number of hydrogen-bond donors (Lipinski definition) is 1. The molecule has 0 bridgehead atoms. The van der Waals surface area contributed by atoms with Gasteiger partial charge >= 0.3 is 5.69 Å². The molecule has 0 aliphatic rings. The third-order valence-electron chi connectivity index (χ3n) is 3.30. The first-order valence-electron chi connectivity index (χ1n) is 6.78. The summed E-state index contributed by atoms with van der Waals surface area (Å²) < 4.78 is 48.4. The Kier molecular flexibility index (Phi) is 5.13. The van der Waals surface area contributed by atoms with Crippen LogP contribution in [0.4, 0.5) is 20.2 Å². The number of benzene rings is 2. The van der Waals surface area contributed by atoms with Crippen LogP contribution in [0.15, 0.2) is 47.4 Å². The number of nitro groups is 1. The molecule has 2 aromatic carbocycles. The lowest BCUT2D eigenvalue weighted by Crippen LogP contribution is -2.07. The predicted octanol–water partition coefficient (Wildman–Crippen LogP) is 3.55. The van der Waals surface area contributed by atoms with Crippen molar-refractivity contribution in [2.24, 2.45) is 0 Å². The number of hydrogen-bond acceptors (Lipinski definition) is 5. The van der Waals surface area contributed by atoms with Crippen LogP contribution >= 0.6 is 0 Å². The standard InChI is InChI=1S/C15H14F2N2O4S/c1-24(22,23)13-4-2-3-12(14(13)19(20)21)18-9-10-5-7-11(8-6-10)15(16)17/h2-8,15,18H,9H2,1H3. The van der Waals surface area contributed by atoms with Crippen molar-refractivity contribution in [2.45, 2.75) is 17.9 Å². The van der Waals surface area contributed by atoms with E-state index in [2.05, 4.69) is 5.32 Å². The molecule has 0 spiro atoms. The Morgan fingerprint density at radius 3 is 2.29 bits per heavy atom. The van der Waals surface area contributed by atoms with E-state index in [1.807, 2.05) is 0 Å². The molecule has 0 atom stereocenters. The molecule has 0 fully saturated rings. The Morgan fingerprint density at radius 2 is 1.79 bits per heavy atom. The number of rotatable bonds is 6. The molecule has 2 aromatic rings. The molecule has 0 saturated carbocycles. The van der Waals surface area contributed by atoms with Crippen molar-refractivity contribution in [2.75, 3.05) is 11.6 Å². The Hall–Kier alpha value is -2.55. The van der Waals surface area contributed by atoms with Gasteiger partial charge in [-0.25, -0.2) is 17.2 Å². The molecule has 128 valence electrons.